The maximum Gasteiger partial charge on any atom is 1.00 e. The minimum absolute atomic E-state index is 0. The van der Waals surface area contributed by atoms with Gasteiger partial charge in [0.2, 0.25) is 20.8 Å². The fraction of sp³-hybridized carbons (Fsp3) is 0. The zero-order valence-electron chi connectivity index (χ0n) is 11.1. The number of hydrogen-bond donors (Lipinski definition) is 0. The third-order valence-electron chi connectivity index (χ3n) is 0.194. The van der Waals surface area contributed by atoms with E-state index in [0.717, 1.165) is 0 Å². The average Bonchev–Trinajstić information content (AvgIpc) is 1.57. The zero-order valence-corrected chi connectivity index (χ0v) is 16.7. The summed E-state index contributed by atoms with van der Waals surface area (Å²) in [5.41, 5.74) is 0. The first-order valence-electron chi connectivity index (χ1n) is 1.50. The van der Waals surface area contributed by atoms with Gasteiger partial charge < -0.3 is 63.9 Å². The van der Waals surface area contributed by atoms with Gasteiger partial charge in [-0.15, -0.1) is 8.67 Å². The van der Waals surface area contributed by atoms with Crippen LogP contribution in [0.25, 0.3) is 0 Å². The fourth-order valence-corrected chi connectivity index (χ4v) is 0.612. The van der Waals surface area contributed by atoms with Crippen LogP contribution in [0.15, 0.2) is 0 Å². The normalized spacial score (nSPS) is 6.09. The molecule has 0 bridgehead atoms. The molecule has 22 heteroatoms. The minimum atomic E-state index is -5.31. The molecule has 0 fully saturated rings. The molecule has 0 rings (SSSR count). The molecule has 22 heavy (non-hydrogen) atoms. The molecular formula is H20Na2O18S2. The van der Waals surface area contributed by atoms with Gasteiger partial charge in [0.15, 0.2) is 0 Å². The van der Waals surface area contributed by atoms with Gasteiger partial charge in [-0.25, -0.2) is 16.8 Å². The monoisotopic (exact) mass is 418 g/mol. The Kier molecular flexibility index (Phi) is 214. The van der Waals surface area contributed by atoms with Crippen molar-refractivity contribution in [1.82, 2.24) is 0 Å². The van der Waals surface area contributed by atoms with E-state index in [-0.39, 0.29) is 114 Å². The number of rotatable bonds is 3. The molecule has 0 amide bonds. The molecule has 0 aliphatic rings. The third kappa shape index (κ3) is 127. The summed E-state index contributed by atoms with van der Waals surface area (Å²) in [6.45, 7) is 0. The van der Waals surface area contributed by atoms with Crippen molar-refractivity contribution < 1.29 is 148 Å². The Balaban J connectivity index is -0.00000000614. The van der Waals surface area contributed by atoms with Crippen molar-refractivity contribution in [3.63, 3.8) is 0 Å². The smallest absolute Gasteiger partial charge is 0.724 e. The Labute approximate surface area is 168 Å². The molecule has 0 aromatic carbocycles. The van der Waals surface area contributed by atoms with Crippen LogP contribution in [0, 0.1) is 0 Å². The second-order valence-electron chi connectivity index (χ2n) is 0.953. The largest absolute Gasteiger partial charge is 1.00 e. The van der Waals surface area contributed by atoms with Gasteiger partial charge in [-0.1, -0.05) is 0 Å². The van der Waals surface area contributed by atoms with Crippen molar-refractivity contribution in [3.05, 3.63) is 0 Å². The van der Waals surface area contributed by atoms with Gasteiger partial charge in [-0.05, 0) is 0 Å². The summed E-state index contributed by atoms with van der Waals surface area (Å²) in [6, 6.07) is 0. The van der Waals surface area contributed by atoms with Crippen LogP contribution in [-0.4, -0.2) is 80.7 Å². The molecule has 0 radical (unpaired) electrons. The van der Waals surface area contributed by atoms with Crippen molar-refractivity contribution in [3.8, 4) is 0 Å². The van der Waals surface area contributed by atoms with Crippen LogP contribution in [-0.2, 0) is 29.5 Å². The topological polar surface area (TPSA) is 448 Å². The van der Waals surface area contributed by atoms with Gasteiger partial charge in [0, 0.05) is 0 Å². The maximum atomic E-state index is 9.37. The summed E-state index contributed by atoms with van der Waals surface area (Å²) in [5, 5.41) is 0. The molecule has 0 saturated heterocycles. The van der Waals surface area contributed by atoms with Crippen LogP contribution in [0.1, 0.15) is 0 Å². The third-order valence-corrected chi connectivity index (χ3v) is 0.750. The fourth-order valence-electron chi connectivity index (χ4n) is 0.0680. The molecule has 0 aliphatic heterocycles. The average molecular weight is 418 g/mol. The quantitative estimate of drug-likeness (QED) is 0.139. The van der Waals surface area contributed by atoms with Crippen LogP contribution in [0.4, 0.5) is 0 Å². The van der Waals surface area contributed by atoms with Crippen molar-refractivity contribution in [2.75, 3.05) is 0 Å². The second kappa shape index (κ2) is 43.2. The van der Waals surface area contributed by atoms with E-state index in [9.17, 15) is 25.9 Å². The van der Waals surface area contributed by atoms with Crippen LogP contribution in [0.2, 0.25) is 0 Å². The summed E-state index contributed by atoms with van der Waals surface area (Å²) >= 11 is 0. The van der Waals surface area contributed by atoms with Crippen molar-refractivity contribution in [2.24, 2.45) is 0 Å². The van der Waals surface area contributed by atoms with Gasteiger partial charge in [0.25, 0.3) is 0 Å². The summed E-state index contributed by atoms with van der Waals surface area (Å²) in [4.78, 5) is 0. The molecule has 18 nitrogen and oxygen atoms in total. The SMILES string of the molecule is O.O.O.O.O.O.O.O.O.O.O=S(=O)([O-])OOS(=O)(=O)[O-].[Na+].[Na+]. The van der Waals surface area contributed by atoms with Crippen molar-refractivity contribution in [2.45, 2.75) is 0 Å². The van der Waals surface area contributed by atoms with Crippen LogP contribution >= 0.6 is 0 Å². The first-order chi connectivity index (χ1) is 4.21. The van der Waals surface area contributed by atoms with Gasteiger partial charge >= 0.3 is 59.1 Å². The number of hydrogen-bond acceptors (Lipinski definition) is 8. The van der Waals surface area contributed by atoms with Gasteiger partial charge in [0.1, 0.15) is 0 Å². The second-order valence-corrected chi connectivity index (χ2v) is 2.86. The van der Waals surface area contributed by atoms with Crippen LogP contribution in [0.3, 0.4) is 0 Å². The first-order valence-corrected chi connectivity index (χ1v) is 4.17. The van der Waals surface area contributed by atoms with E-state index >= 15 is 0 Å². The Morgan fingerprint density at radius 3 is 0.591 bits per heavy atom. The van der Waals surface area contributed by atoms with E-state index in [1.165, 1.54) is 0 Å². The van der Waals surface area contributed by atoms with E-state index in [1.807, 2.05) is 0 Å². The molecule has 0 heterocycles. The van der Waals surface area contributed by atoms with E-state index in [4.69, 9.17) is 0 Å². The van der Waals surface area contributed by atoms with Crippen LogP contribution in [0.5, 0.6) is 0 Å². The molecule has 0 aromatic heterocycles. The standard InChI is InChI=1S/2Na.H2O8S2.10H2O/c;;1-9(2,3)7-8-10(4,5)6;;;;;;;;;;/h;;(H,1,2,3)(H,4,5,6);10*1H2/q2*+1;;;;;;;;;;;/p-2. The van der Waals surface area contributed by atoms with Crippen LogP contribution < -0.4 is 59.1 Å². The molecule has 0 aromatic rings. The van der Waals surface area contributed by atoms with Gasteiger partial charge in [0.05, 0.1) is 0 Å². The molecule has 20 N–H and O–H groups in total. The molecule has 0 aliphatic carbocycles. The van der Waals surface area contributed by atoms with E-state index in [0.29, 0.717) is 0 Å². The zero-order chi connectivity index (χ0) is 8.41. The molecule has 0 saturated carbocycles. The molecular weight excluding hydrogens is 398 g/mol. The molecule has 142 valence electrons. The molecule has 0 unspecified atom stereocenters. The Hall–Kier alpha value is 1.34. The van der Waals surface area contributed by atoms with E-state index in [2.05, 4.69) is 8.67 Å². The van der Waals surface area contributed by atoms with Crippen molar-refractivity contribution >= 4 is 20.8 Å². The molecule has 0 atom stereocenters. The summed E-state index contributed by atoms with van der Waals surface area (Å²) in [6.07, 6.45) is 0. The predicted octanol–water partition coefficient (Wildman–Crippen LogP) is -16.4. The maximum absolute atomic E-state index is 9.37. The minimum Gasteiger partial charge on any atom is -0.724 e. The summed E-state index contributed by atoms with van der Waals surface area (Å²) in [7, 11) is -10.6. The molecule has 0 spiro atoms. The Bertz CT molecular complexity index is 255. The Morgan fingerprint density at radius 2 is 0.545 bits per heavy atom. The first kappa shape index (κ1) is 109. The summed E-state index contributed by atoms with van der Waals surface area (Å²) < 4.78 is 61.5. The van der Waals surface area contributed by atoms with E-state index < -0.39 is 20.8 Å². The van der Waals surface area contributed by atoms with Crippen molar-refractivity contribution in [1.29, 1.82) is 0 Å². The van der Waals surface area contributed by atoms with E-state index in [1.54, 1.807) is 0 Å². The van der Waals surface area contributed by atoms with Gasteiger partial charge in [-0.3, -0.25) is 0 Å². The predicted molar refractivity (Wildman–Crippen MR) is 57.7 cm³/mol. The van der Waals surface area contributed by atoms with Gasteiger partial charge in [-0.2, -0.15) is 0 Å². The summed E-state index contributed by atoms with van der Waals surface area (Å²) in [5.74, 6) is 0. The Morgan fingerprint density at radius 1 is 0.455 bits per heavy atom.